The standard InChI is InChI=1S/C16H10F4O/c17-14-8-6-12(7-9-14)10-11-15(21,16(18,19)20)13-4-2-1-3-5-13/h1-9,21H. The summed E-state index contributed by atoms with van der Waals surface area (Å²) in [6, 6.07) is 11.2. The van der Waals surface area contributed by atoms with E-state index < -0.39 is 17.6 Å². The van der Waals surface area contributed by atoms with Crippen LogP contribution in [0.3, 0.4) is 0 Å². The Balaban J connectivity index is 2.46. The largest absolute Gasteiger partial charge is 0.433 e. The molecule has 1 unspecified atom stereocenters. The molecular weight excluding hydrogens is 284 g/mol. The Hall–Kier alpha value is -2.32. The van der Waals surface area contributed by atoms with Crippen LogP contribution in [0, 0.1) is 17.7 Å². The molecule has 0 aromatic heterocycles. The Morgan fingerprint density at radius 1 is 0.857 bits per heavy atom. The number of aliphatic hydroxyl groups is 1. The van der Waals surface area contributed by atoms with Crippen molar-refractivity contribution in [1.82, 2.24) is 0 Å². The van der Waals surface area contributed by atoms with Crippen LogP contribution in [0.25, 0.3) is 0 Å². The van der Waals surface area contributed by atoms with Gasteiger partial charge in [-0.2, -0.15) is 13.2 Å². The first-order valence-electron chi connectivity index (χ1n) is 5.96. The molecular formula is C16H10F4O. The number of hydrogen-bond acceptors (Lipinski definition) is 1. The fraction of sp³-hybridized carbons (Fsp3) is 0.125. The summed E-state index contributed by atoms with van der Waals surface area (Å²) in [5.74, 6) is 3.56. The topological polar surface area (TPSA) is 20.2 Å². The number of halogens is 4. The molecule has 0 aliphatic heterocycles. The lowest BCUT2D eigenvalue weighted by Gasteiger charge is -2.25. The van der Waals surface area contributed by atoms with Gasteiger partial charge in [0.1, 0.15) is 5.82 Å². The van der Waals surface area contributed by atoms with Gasteiger partial charge in [-0.3, -0.25) is 0 Å². The summed E-state index contributed by atoms with van der Waals surface area (Å²) in [5.41, 5.74) is -3.47. The molecule has 2 aromatic rings. The maximum Gasteiger partial charge on any atom is 0.433 e. The highest BCUT2D eigenvalue weighted by atomic mass is 19.4. The van der Waals surface area contributed by atoms with Crippen molar-refractivity contribution in [3.05, 3.63) is 71.5 Å². The van der Waals surface area contributed by atoms with Gasteiger partial charge in [0.2, 0.25) is 5.60 Å². The van der Waals surface area contributed by atoms with Gasteiger partial charge in [-0.15, -0.1) is 0 Å². The van der Waals surface area contributed by atoms with Gasteiger partial charge in [-0.05, 0) is 30.2 Å². The molecule has 2 aromatic carbocycles. The van der Waals surface area contributed by atoms with Crippen LogP contribution in [0.4, 0.5) is 17.6 Å². The highest BCUT2D eigenvalue weighted by Gasteiger charge is 2.54. The molecule has 1 atom stereocenters. The van der Waals surface area contributed by atoms with Crippen molar-refractivity contribution >= 4 is 0 Å². The monoisotopic (exact) mass is 294 g/mol. The maximum absolute atomic E-state index is 13.1. The number of benzene rings is 2. The second kappa shape index (κ2) is 5.58. The van der Waals surface area contributed by atoms with E-state index >= 15 is 0 Å². The summed E-state index contributed by atoms with van der Waals surface area (Å²) < 4.78 is 52.2. The molecule has 108 valence electrons. The first kappa shape index (κ1) is 15.1. The molecule has 21 heavy (non-hydrogen) atoms. The lowest BCUT2D eigenvalue weighted by atomic mass is 9.93. The van der Waals surface area contributed by atoms with Crippen molar-refractivity contribution in [2.24, 2.45) is 0 Å². The van der Waals surface area contributed by atoms with Crippen molar-refractivity contribution < 1.29 is 22.7 Å². The molecule has 0 amide bonds. The minimum absolute atomic E-state index is 0.176. The molecule has 5 heteroatoms. The van der Waals surface area contributed by atoms with Crippen LogP contribution < -0.4 is 0 Å². The Morgan fingerprint density at radius 2 is 1.43 bits per heavy atom. The van der Waals surface area contributed by atoms with Crippen LogP contribution in [0.1, 0.15) is 11.1 Å². The molecule has 0 saturated heterocycles. The molecule has 0 saturated carbocycles. The van der Waals surface area contributed by atoms with Crippen molar-refractivity contribution in [1.29, 1.82) is 0 Å². The first-order chi connectivity index (χ1) is 9.83. The molecule has 0 aliphatic rings. The van der Waals surface area contributed by atoms with Gasteiger partial charge in [0.25, 0.3) is 0 Å². The summed E-state index contributed by atoms with van der Waals surface area (Å²) in [5, 5.41) is 9.96. The van der Waals surface area contributed by atoms with Gasteiger partial charge in [0.05, 0.1) is 0 Å². The molecule has 2 rings (SSSR count). The summed E-state index contributed by atoms with van der Waals surface area (Å²) >= 11 is 0. The van der Waals surface area contributed by atoms with Crippen LogP contribution >= 0.6 is 0 Å². The van der Waals surface area contributed by atoms with E-state index in [0.717, 1.165) is 24.3 Å². The fourth-order valence-corrected chi connectivity index (χ4v) is 1.68. The third kappa shape index (κ3) is 3.23. The quantitative estimate of drug-likeness (QED) is 0.629. The summed E-state index contributed by atoms with van der Waals surface area (Å²) in [7, 11) is 0. The van der Waals surface area contributed by atoms with Gasteiger partial charge in [-0.25, -0.2) is 4.39 Å². The summed E-state index contributed by atoms with van der Waals surface area (Å²) in [4.78, 5) is 0. The number of hydrogen-bond donors (Lipinski definition) is 1. The molecule has 0 fully saturated rings. The molecule has 0 radical (unpaired) electrons. The predicted octanol–water partition coefficient (Wildman–Crippen LogP) is 3.63. The minimum atomic E-state index is -4.96. The zero-order valence-electron chi connectivity index (χ0n) is 10.7. The van der Waals surface area contributed by atoms with E-state index in [0.29, 0.717) is 0 Å². The summed E-state index contributed by atoms with van der Waals surface area (Å²) in [6.45, 7) is 0. The Bertz CT molecular complexity index is 665. The fourth-order valence-electron chi connectivity index (χ4n) is 1.68. The van der Waals surface area contributed by atoms with E-state index in [1.807, 2.05) is 5.92 Å². The van der Waals surface area contributed by atoms with E-state index in [9.17, 15) is 22.7 Å². The molecule has 0 heterocycles. The number of rotatable bonds is 1. The van der Waals surface area contributed by atoms with Crippen LogP contribution in [0.5, 0.6) is 0 Å². The third-order valence-corrected chi connectivity index (χ3v) is 2.83. The van der Waals surface area contributed by atoms with Crippen molar-refractivity contribution in [3.8, 4) is 11.8 Å². The highest BCUT2D eigenvalue weighted by Crippen LogP contribution is 2.38. The zero-order valence-corrected chi connectivity index (χ0v) is 10.7. The molecule has 1 N–H and O–H groups in total. The molecule has 0 spiro atoms. The van der Waals surface area contributed by atoms with Gasteiger partial charge >= 0.3 is 6.18 Å². The molecule has 0 bridgehead atoms. The second-order valence-corrected chi connectivity index (χ2v) is 4.33. The van der Waals surface area contributed by atoms with E-state index in [-0.39, 0.29) is 11.1 Å². The first-order valence-corrected chi connectivity index (χ1v) is 5.96. The SMILES string of the molecule is OC(C#Cc1ccc(F)cc1)(c1ccccc1)C(F)(F)F. The van der Waals surface area contributed by atoms with Crippen molar-refractivity contribution in [2.45, 2.75) is 11.8 Å². The average molecular weight is 294 g/mol. The summed E-state index contributed by atoms with van der Waals surface area (Å²) in [6.07, 6.45) is -4.96. The van der Waals surface area contributed by atoms with Gasteiger partial charge < -0.3 is 5.11 Å². The van der Waals surface area contributed by atoms with E-state index in [2.05, 4.69) is 5.92 Å². The smallest absolute Gasteiger partial charge is 0.366 e. The van der Waals surface area contributed by atoms with Crippen LogP contribution in [0.15, 0.2) is 54.6 Å². The average Bonchev–Trinajstić information content (AvgIpc) is 2.46. The van der Waals surface area contributed by atoms with Gasteiger partial charge in [0, 0.05) is 11.1 Å². The number of alkyl halides is 3. The Morgan fingerprint density at radius 3 is 1.95 bits per heavy atom. The van der Waals surface area contributed by atoms with Crippen LogP contribution in [-0.2, 0) is 5.60 Å². The van der Waals surface area contributed by atoms with Crippen LogP contribution in [-0.4, -0.2) is 11.3 Å². The Labute approximate surface area is 118 Å². The minimum Gasteiger partial charge on any atom is -0.366 e. The lowest BCUT2D eigenvalue weighted by Crippen LogP contribution is -2.41. The van der Waals surface area contributed by atoms with Crippen molar-refractivity contribution in [2.75, 3.05) is 0 Å². The predicted molar refractivity (Wildman–Crippen MR) is 69.7 cm³/mol. The normalized spacial score (nSPS) is 14.0. The Kier molecular flexibility index (Phi) is 4.01. The van der Waals surface area contributed by atoms with Crippen molar-refractivity contribution in [3.63, 3.8) is 0 Å². The maximum atomic E-state index is 13.1. The zero-order chi connectivity index (χ0) is 15.5. The molecule has 0 aliphatic carbocycles. The highest BCUT2D eigenvalue weighted by molar-refractivity contribution is 5.41. The second-order valence-electron chi connectivity index (χ2n) is 4.33. The lowest BCUT2D eigenvalue weighted by molar-refractivity contribution is -0.240. The van der Waals surface area contributed by atoms with E-state index in [1.54, 1.807) is 0 Å². The van der Waals surface area contributed by atoms with E-state index in [4.69, 9.17) is 0 Å². The molecule has 1 nitrogen and oxygen atoms in total. The van der Waals surface area contributed by atoms with Gasteiger partial charge in [-0.1, -0.05) is 36.3 Å². The van der Waals surface area contributed by atoms with Gasteiger partial charge in [0.15, 0.2) is 0 Å². The van der Waals surface area contributed by atoms with E-state index in [1.165, 1.54) is 30.3 Å². The van der Waals surface area contributed by atoms with Crippen LogP contribution in [0.2, 0.25) is 0 Å². The third-order valence-electron chi connectivity index (χ3n) is 2.83.